The number of rotatable bonds is 11. The van der Waals surface area contributed by atoms with Gasteiger partial charge < -0.3 is 0 Å². The molecule has 0 aliphatic carbocycles. The third-order valence-electron chi connectivity index (χ3n) is 24.9. The van der Waals surface area contributed by atoms with Crippen LogP contribution in [0.1, 0.15) is 495 Å². The van der Waals surface area contributed by atoms with Crippen molar-refractivity contribution in [2.24, 2.45) is 135 Å². The maximum Gasteiger partial charge on any atom is -0.0283 e. The summed E-state index contributed by atoms with van der Waals surface area (Å²) in [6, 6.07) is 0. The second-order valence-corrected chi connectivity index (χ2v) is 41.3. The van der Waals surface area contributed by atoms with Crippen LogP contribution in [0.5, 0.6) is 0 Å². The molecule has 0 heterocycles. The van der Waals surface area contributed by atoms with Crippen molar-refractivity contribution in [3.63, 3.8) is 0 Å². The lowest BCUT2D eigenvalue weighted by Crippen LogP contribution is -2.34. The van der Waals surface area contributed by atoms with Gasteiger partial charge in [0.1, 0.15) is 0 Å². The van der Waals surface area contributed by atoms with Crippen LogP contribution in [0.2, 0.25) is 0 Å². The minimum atomic E-state index is 0. The maximum atomic E-state index is 2.34. The Morgan fingerprint density at radius 1 is 0.221 bits per heavy atom. The van der Waals surface area contributed by atoms with E-state index < -0.39 is 0 Å². The predicted molar refractivity (Wildman–Crippen MR) is 479 cm³/mol. The summed E-state index contributed by atoms with van der Waals surface area (Å²) in [5.41, 5.74) is 6.07. The molecule has 0 radical (unpaired) electrons. The fourth-order valence-corrected chi connectivity index (χ4v) is 5.47. The lowest BCUT2D eigenvalue weighted by molar-refractivity contribution is 0.0737. The van der Waals surface area contributed by atoms with Crippen LogP contribution >= 0.6 is 0 Å². The van der Waals surface area contributed by atoms with Crippen molar-refractivity contribution in [3.05, 3.63) is 0 Å². The van der Waals surface area contributed by atoms with Crippen LogP contribution in [0.15, 0.2) is 0 Å². The minimum absolute atomic E-state index is 0. The van der Waals surface area contributed by atoms with Crippen molar-refractivity contribution in [2.45, 2.75) is 495 Å². The zero-order valence-electron chi connectivity index (χ0n) is 72.7. The standard InChI is InChI=1S/C10H22.3C9H20.6C8H18.10CH4/c1-8(2)10(6,7)9(3,4)5;1-7-9(5,6)8(2,3)4;1-7(2)8(3)9(4,5)6;1-7(2)9(5,6)8(3)4;2*1-7(2,3)8(4,5)6;2*1-6-7(2)8(3,4)5;1-6-8(4,5)7(2)3;1-6(2)8(5)7(3)4;;;;;;;;;;/h8H,1-7H3;7H2,1-6H3;2*7-8H,1-6H3;2*1-6H3;3*7H,6H2,1-5H3;6-8H,1-5H3;10*1H4/t;;8-;;;;7-;;;;;;;;;;;;;/m..1...1............./s1. The largest absolute Gasteiger partial charge is 0.0776 e. The van der Waals surface area contributed by atoms with Crippen LogP contribution in [-0.4, -0.2) is 0 Å². The van der Waals surface area contributed by atoms with Crippen LogP contribution < -0.4 is 0 Å². The molecule has 0 heteroatoms. The first-order chi connectivity index (χ1) is 36.3. The molecule has 0 N–H and O–H groups in total. The fourth-order valence-electron chi connectivity index (χ4n) is 5.47. The van der Waals surface area contributed by atoms with Gasteiger partial charge in [0.05, 0.1) is 0 Å². The molecule has 0 amide bonds. The summed E-state index contributed by atoms with van der Waals surface area (Å²) >= 11 is 0. The molecular formula is C95H230. The molecule has 0 nitrogen and oxygen atoms in total. The van der Waals surface area contributed by atoms with E-state index in [1.807, 2.05) is 0 Å². The molecule has 0 rings (SSSR count). The first kappa shape index (κ1) is 149. The SMILES string of the molecule is C.C.C.C.C.C.C.C.C.C.CC(C)(C)C(C)(C)C.CC(C)(C)C(C)(C)C.CC(C)C(C)(C)C(C)(C)C.CC(C)C(C)(C)C(C)C.CC(C)C(C)C(C)C.CC(C)[C@@H](C)C(C)(C)C.CCC(C)(C)C(C)(C)C.CCC(C)(C)C(C)C.CCC(C)C(C)(C)C.CC[C@@H](C)C(C)(C)C. The van der Waals surface area contributed by atoms with Gasteiger partial charge in [-0.3, -0.25) is 0 Å². The summed E-state index contributed by atoms with van der Waals surface area (Å²) in [5.74, 6) is 9.03. The molecule has 610 valence electrons. The first-order valence-electron chi connectivity index (χ1n) is 36.3. The molecule has 0 aromatic carbocycles. The highest BCUT2D eigenvalue weighted by Gasteiger charge is 2.35. The second kappa shape index (κ2) is 61.5. The molecule has 0 saturated carbocycles. The Hall–Kier alpha value is 0. The Bertz CT molecular complexity index is 1370. The van der Waals surface area contributed by atoms with Crippen LogP contribution in [0.25, 0.3) is 0 Å². The summed E-state index contributed by atoms with van der Waals surface area (Å²) < 4.78 is 0. The Balaban J connectivity index is -0.0000000362. The quantitative estimate of drug-likeness (QED) is 0.193. The smallest absolute Gasteiger partial charge is 0.0283 e. The molecule has 0 aliphatic rings. The highest BCUT2D eigenvalue weighted by atomic mass is 14.4. The van der Waals surface area contributed by atoms with E-state index in [2.05, 4.69) is 395 Å². The highest BCUT2D eigenvalue weighted by molar-refractivity contribution is 4.85. The first-order valence-corrected chi connectivity index (χ1v) is 36.3. The van der Waals surface area contributed by atoms with Gasteiger partial charge in [-0.25, -0.2) is 0 Å². The van der Waals surface area contributed by atoms with Gasteiger partial charge in [-0.2, -0.15) is 0 Å². The van der Waals surface area contributed by atoms with E-state index >= 15 is 0 Å². The Labute approximate surface area is 626 Å². The third kappa shape index (κ3) is 79.6. The normalized spacial score (nSPS) is 12.9. The topological polar surface area (TPSA) is 0 Å². The van der Waals surface area contributed by atoms with E-state index in [0.29, 0.717) is 70.4 Å². The summed E-state index contributed by atoms with van der Waals surface area (Å²) in [4.78, 5) is 0. The Morgan fingerprint density at radius 3 is 0.432 bits per heavy atom. The number of hydrogen-bond donors (Lipinski definition) is 0. The van der Waals surface area contributed by atoms with Crippen LogP contribution in [0.4, 0.5) is 0 Å². The third-order valence-corrected chi connectivity index (χ3v) is 24.9. The Kier molecular flexibility index (Phi) is 96.6. The van der Waals surface area contributed by atoms with Crippen molar-refractivity contribution in [3.8, 4) is 0 Å². The average Bonchev–Trinajstić information content (AvgIpc) is 3.26. The molecule has 1 unspecified atom stereocenters. The van der Waals surface area contributed by atoms with E-state index in [1.54, 1.807) is 0 Å². The van der Waals surface area contributed by atoms with E-state index in [1.165, 1.54) is 25.7 Å². The molecule has 95 heavy (non-hydrogen) atoms. The lowest BCUT2D eigenvalue weighted by Gasteiger charge is -2.42. The van der Waals surface area contributed by atoms with Gasteiger partial charge in [0.15, 0.2) is 0 Å². The summed E-state index contributed by atoms with van der Waals surface area (Å²) in [7, 11) is 0. The van der Waals surface area contributed by atoms with Crippen molar-refractivity contribution < 1.29 is 0 Å². The maximum absolute atomic E-state index is 2.34. The molecule has 0 bridgehead atoms. The fraction of sp³-hybridized carbons (Fsp3) is 1.00. The summed E-state index contributed by atoms with van der Waals surface area (Å²) in [6.45, 7) is 131. The van der Waals surface area contributed by atoms with Crippen molar-refractivity contribution >= 4 is 0 Å². The number of hydrogen-bond acceptors (Lipinski definition) is 0. The highest BCUT2D eigenvalue weighted by Crippen LogP contribution is 2.44. The molecule has 0 aromatic rings. The van der Waals surface area contributed by atoms with Crippen LogP contribution in [0, 0.1) is 135 Å². The van der Waals surface area contributed by atoms with Gasteiger partial charge in [-0.15, -0.1) is 0 Å². The molecular weight excluding hydrogens is 1140 g/mol. The summed E-state index contributed by atoms with van der Waals surface area (Å²) in [6.07, 6.45) is 5.13. The van der Waals surface area contributed by atoms with Gasteiger partial charge >= 0.3 is 0 Å². The van der Waals surface area contributed by atoms with Crippen molar-refractivity contribution in [1.29, 1.82) is 0 Å². The Morgan fingerprint density at radius 2 is 0.432 bits per heavy atom. The molecule has 0 aromatic heterocycles. The van der Waals surface area contributed by atoms with E-state index in [4.69, 9.17) is 0 Å². The van der Waals surface area contributed by atoms with Gasteiger partial charge in [-0.1, -0.05) is 495 Å². The average molecular weight is 1370 g/mol. The van der Waals surface area contributed by atoms with E-state index in [0.717, 1.165) is 65.1 Å². The van der Waals surface area contributed by atoms with Crippen LogP contribution in [-0.2, 0) is 0 Å². The van der Waals surface area contributed by atoms with Gasteiger partial charge in [0.25, 0.3) is 0 Å². The predicted octanol–water partition coefficient (Wildman–Crippen LogP) is 38.5. The molecule has 0 fully saturated rings. The molecule has 0 aliphatic heterocycles. The lowest BCUT2D eigenvalue weighted by atomic mass is 9.63. The second-order valence-electron chi connectivity index (χ2n) is 41.3. The van der Waals surface area contributed by atoms with Gasteiger partial charge in [-0.05, 0) is 135 Å². The van der Waals surface area contributed by atoms with Crippen molar-refractivity contribution in [1.82, 2.24) is 0 Å². The summed E-state index contributed by atoms with van der Waals surface area (Å²) in [5, 5.41) is 0. The molecule has 0 saturated heterocycles. The van der Waals surface area contributed by atoms with E-state index in [-0.39, 0.29) is 74.3 Å². The van der Waals surface area contributed by atoms with Gasteiger partial charge in [0.2, 0.25) is 0 Å². The van der Waals surface area contributed by atoms with E-state index in [9.17, 15) is 0 Å². The monoisotopic (exact) mass is 1370 g/mol. The zero-order chi connectivity index (χ0) is 72.7. The zero-order valence-corrected chi connectivity index (χ0v) is 72.7. The van der Waals surface area contributed by atoms with Crippen molar-refractivity contribution in [2.75, 3.05) is 0 Å². The minimum Gasteiger partial charge on any atom is -0.0776 e. The van der Waals surface area contributed by atoms with Crippen LogP contribution in [0.3, 0.4) is 0 Å². The van der Waals surface area contributed by atoms with Gasteiger partial charge in [0, 0.05) is 0 Å². The molecule has 0 spiro atoms. The molecule has 3 atom stereocenters.